The molecule has 1 aliphatic rings. The van der Waals surface area contributed by atoms with Gasteiger partial charge in [0.2, 0.25) is 5.88 Å². The quantitative estimate of drug-likeness (QED) is 0.631. The number of para-hydroxylation sites is 1. The second kappa shape index (κ2) is 6.10. The van der Waals surface area contributed by atoms with E-state index in [0.29, 0.717) is 26.6 Å². The van der Waals surface area contributed by atoms with Crippen molar-refractivity contribution < 1.29 is 9.15 Å². The Labute approximate surface area is 157 Å². The van der Waals surface area contributed by atoms with Crippen molar-refractivity contribution in [1.82, 2.24) is 0 Å². The van der Waals surface area contributed by atoms with E-state index in [4.69, 9.17) is 38.1 Å². The summed E-state index contributed by atoms with van der Waals surface area (Å²) >= 11 is 12.3. The van der Waals surface area contributed by atoms with Gasteiger partial charge in [0.25, 0.3) is 0 Å². The SMILES string of the molecule is N#CC1=C(N)Oc2c(c(=O)oc3ccccc23)[C@H]1c1ccc(Cl)cc1Cl. The highest BCUT2D eigenvalue weighted by molar-refractivity contribution is 6.35. The van der Waals surface area contributed by atoms with Gasteiger partial charge in [0.15, 0.2) is 5.75 Å². The topological polar surface area (TPSA) is 89.3 Å². The Balaban J connectivity index is 2.10. The number of benzene rings is 2. The Kier molecular flexibility index (Phi) is 3.87. The molecule has 2 aromatic carbocycles. The molecule has 3 aromatic rings. The van der Waals surface area contributed by atoms with Crippen LogP contribution in [0, 0.1) is 11.3 Å². The fraction of sp³-hybridized carbons (Fsp3) is 0.0526. The Hall–Kier alpha value is -2.94. The molecule has 0 fully saturated rings. The first kappa shape index (κ1) is 16.5. The number of hydrogen-bond acceptors (Lipinski definition) is 5. The second-order valence-electron chi connectivity index (χ2n) is 5.72. The van der Waals surface area contributed by atoms with Crippen molar-refractivity contribution in [2.24, 2.45) is 5.73 Å². The third-order valence-corrected chi connectivity index (χ3v) is 4.81. The number of nitrogens with two attached hydrogens (primary N) is 1. The summed E-state index contributed by atoms with van der Waals surface area (Å²) in [4.78, 5) is 12.7. The molecule has 7 heteroatoms. The van der Waals surface area contributed by atoms with E-state index in [0.717, 1.165) is 0 Å². The third kappa shape index (κ3) is 2.43. The fourth-order valence-corrected chi connectivity index (χ4v) is 3.63. The van der Waals surface area contributed by atoms with Crippen molar-refractivity contribution in [2.45, 2.75) is 5.92 Å². The van der Waals surface area contributed by atoms with Crippen LogP contribution >= 0.6 is 23.2 Å². The summed E-state index contributed by atoms with van der Waals surface area (Å²) in [6, 6.07) is 13.8. The first-order valence-electron chi connectivity index (χ1n) is 7.59. The molecule has 0 unspecified atom stereocenters. The molecule has 1 aromatic heterocycles. The van der Waals surface area contributed by atoms with Gasteiger partial charge in [0, 0.05) is 10.0 Å². The predicted molar refractivity (Wildman–Crippen MR) is 98.2 cm³/mol. The van der Waals surface area contributed by atoms with E-state index in [1.54, 1.807) is 42.5 Å². The molecule has 26 heavy (non-hydrogen) atoms. The standard InChI is InChI=1S/C19H10Cl2N2O3/c20-9-5-6-10(13(21)7-9)15-12(8-22)18(23)26-17-11-3-1-2-4-14(11)25-19(24)16(15)17/h1-7,15H,23H2/t15-/m0/s1. The van der Waals surface area contributed by atoms with Gasteiger partial charge < -0.3 is 14.9 Å². The van der Waals surface area contributed by atoms with Crippen molar-refractivity contribution in [1.29, 1.82) is 5.26 Å². The highest BCUT2D eigenvalue weighted by Crippen LogP contribution is 2.45. The van der Waals surface area contributed by atoms with E-state index in [9.17, 15) is 10.1 Å². The summed E-state index contributed by atoms with van der Waals surface area (Å²) < 4.78 is 11.1. The molecule has 5 nitrogen and oxygen atoms in total. The van der Waals surface area contributed by atoms with Gasteiger partial charge in [-0.25, -0.2) is 4.79 Å². The molecule has 0 saturated carbocycles. The number of nitriles is 1. The zero-order valence-corrected chi connectivity index (χ0v) is 14.6. The van der Waals surface area contributed by atoms with Crippen LogP contribution in [0.3, 0.4) is 0 Å². The van der Waals surface area contributed by atoms with Crippen LogP contribution in [0.2, 0.25) is 10.0 Å². The lowest BCUT2D eigenvalue weighted by Gasteiger charge is -2.26. The molecule has 1 atom stereocenters. The van der Waals surface area contributed by atoms with E-state index in [1.807, 2.05) is 6.07 Å². The minimum Gasteiger partial charge on any atom is -0.439 e. The van der Waals surface area contributed by atoms with Crippen LogP contribution < -0.4 is 16.1 Å². The van der Waals surface area contributed by atoms with Gasteiger partial charge in [0.1, 0.15) is 17.2 Å². The lowest BCUT2D eigenvalue weighted by molar-refractivity contribution is 0.388. The normalized spacial score (nSPS) is 16.1. The van der Waals surface area contributed by atoms with Crippen LogP contribution in [0.25, 0.3) is 11.0 Å². The van der Waals surface area contributed by atoms with Crippen LogP contribution in [0.15, 0.2) is 63.1 Å². The minimum absolute atomic E-state index is 0.0771. The Morgan fingerprint density at radius 2 is 1.92 bits per heavy atom. The van der Waals surface area contributed by atoms with Crippen LogP contribution in [-0.4, -0.2) is 0 Å². The summed E-state index contributed by atoms with van der Waals surface area (Å²) in [5.74, 6) is -0.620. The number of hydrogen-bond donors (Lipinski definition) is 1. The average Bonchev–Trinajstić information content (AvgIpc) is 2.61. The molecule has 0 radical (unpaired) electrons. The van der Waals surface area contributed by atoms with Gasteiger partial charge in [-0.1, -0.05) is 41.4 Å². The Morgan fingerprint density at radius 1 is 1.15 bits per heavy atom. The van der Waals surface area contributed by atoms with E-state index in [2.05, 4.69) is 0 Å². The number of nitrogens with zero attached hydrogens (tertiary/aromatic N) is 1. The van der Waals surface area contributed by atoms with Gasteiger partial charge in [-0.15, -0.1) is 0 Å². The monoisotopic (exact) mass is 384 g/mol. The van der Waals surface area contributed by atoms with Crippen molar-refractivity contribution in [3.05, 3.63) is 85.5 Å². The first-order valence-corrected chi connectivity index (χ1v) is 8.35. The van der Waals surface area contributed by atoms with Crippen LogP contribution in [0.5, 0.6) is 5.75 Å². The molecule has 128 valence electrons. The summed E-state index contributed by atoms with van der Waals surface area (Å²) in [5, 5.41) is 10.9. The van der Waals surface area contributed by atoms with Gasteiger partial charge in [-0.2, -0.15) is 5.26 Å². The molecule has 1 aliphatic heterocycles. The van der Waals surface area contributed by atoms with Crippen molar-refractivity contribution >= 4 is 34.2 Å². The van der Waals surface area contributed by atoms with Crippen molar-refractivity contribution in [3.63, 3.8) is 0 Å². The minimum atomic E-state index is -0.811. The third-order valence-electron chi connectivity index (χ3n) is 4.25. The van der Waals surface area contributed by atoms with Crippen LogP contribution in [0.1, 0.15) is 17.0 Å². The number of ether oxygens (including phenoxy) is 1. The molecule has 0 aliphatic carbocycles. The molecule has 0 bridgehead atoms. The largest absolute Gasteiger partial charge is 0.439 e. The number of halogens is 2. The fourth-order valence-electron chi connectivity index (χ4n) is 3.11. The molecular formula is C19H10Cl2N2O3. The summed E-state index contributed by atoms with van der Waals surface area (Å²) in [7, 11) is 0. The van der Waals surface area contributed by atoms with Crippen LogP contribution in [-0.2, 0) is 0 Å². The summed E-state index contributed by atoms with van der Waals surface area (Å²) in [6.45, 7) is 0. The summed E-state index contributed by atoms with van der Waals surface area (Å²) in [5.41, 5.74) is 6.52. The molecule has 0 spiro atoms. The van der Waals surface area contributed by atoms with Gasteiger partial charge >= 0.3 is 5.63 Å². The molecule has 2 heterocycles. The maximum Gasteiger partial charge on any atom is 0.344 e. The maximum absolute atomic E-state index is 12.7. The van der Waals surface area contributed by atoms with Gasteiger partial charge in [0.05, 0.1) is 16.9 Å². The van der Waals surface area contributed by atoms with Gasteiger partial charge in [-0.3, -0.25) is 0 Å². The Bertz CT molecular complexity index is 1190. The first-order chi connectivity index (χ1) is 12.5. The van der Waals surface area contributed by atoms with E-state index in [-0.39, 0.29) is 22.8 Å². The highest BCUT2D eigenvalue weighted by atomic mass is 35.5. The number of fused-ring (bicyclic) bond motifs is 3. The van der Waals surface area contributed by atoms with Gasteiger partial charge in [-0.05, 0) is 29.8 Å². The molecule has 0 saturated heterocycles. The number of rotatable bonds is 1. The molecular weight excluding hydrogens is 375 g/mol. The number of allylic oxidation sites excluding steroid dienone is 1. The zero-order chi connectivity index (χ0) is 18.4. The second-order valence-corrected chi connectivity index (χ2v) is 6.56. The zero-order valence-electron chi connectivity index (χ0n) is 13.1. The average molecular weight is 385 g/mol. The highest BCUT2D eigenvalue weighted by Gasteiger charge is 2.36. The Morgan fingerprint density at radius 3 is 2.65 bits per heavy atom. The van der Waals surface area contributed by atoms with E-state index >= 15 is 0 Å². The smallest absolute Gasteiger partial charge is 0.344 e. The molecule has 2 N–H and O–H groups in total. The van der Waals surface area contributed by atoms with Crippen molar-refractivity contribution in [2.75, 3.05) is 0 Å². The molecule has 4 rings (SSSR count). The summed E-state index contributed by atoms with van der Waals surface area (Å²) in [6.07, 6.45) is 0. The van der Waals surface area contributed by atoms with E-state index < -0.39 is 11.5 Å². The molecule has 0 amide bonds. The maximum atomic E-state index is 12.7. The van der Waals surface area contributed by atoms with Crippen LogP contribution in [0.4, 0.5) is 0 Å². The lowest BCUT2D eigenvalue weighted by atomic mass is 9.84. The predicted octanol–water partition coefficient (Wildman–Crippen LogP) is 4.32. The van der Waals surface area contributed by atoms with Crippen molar-refractivity contribution in [3.8, 4) is 11.8 Å². The van der Waals surface area contributed by atoms with E-state index in [1.165, 1.54) is 0 Å². The lowest BCUT2D eigenvalue weighted by Crippen LogP contribution is -2.26.